The summed E-state index contributed by atoms with van der Waals surface area (Å²) in [5.74, 6) is 0.712. The van der Waals surface area contributed by atoms with Gasteiger partial charge in [0.05, 0.1) is 6.61 Å². The summed E-state index contributed by atoms with van der Waals surface area (Å²) >= 11 is 1.80. The van der Waals surface area contributed by atoms with E-state index in [1.807, 2.05) is 36.2 Å². The van der Waals surface area contributed by atoms with Gasteiger partial charge in [-0.15, -0.1) is 11.8 Å². The molecule has 1 aromatic carbocycles. The predicted octanol–water partition coefficient (Wildman–Crippen LogP) is 4.21. The van der Waals surface area contributed by atoms with Crippen molar-refractivity contribution in [1.82, 2.24) is 0 Å². The number of benzene rings is 1. The van der Waals surface area contributed by atoms with Crippen LogP contribution in [-0.4, -0.2) is 36.7 Å². The fraction of sp³-hybridized carbons (Fsp3) is 0.450. The van der Waals surface area contributed by atoms with Crippen molar-refractivity contribution >= 4 is 28.3 Å². The highest BCUT2D eigenvalue weighted by molar-refractivity contribution is 8.08. The maximum absolute atomic E-state index is 11.2. The lowest BCUT2D eigenvalue weighted by molar-refractivity contribution is -0.139. The van der Waals surface area contributed by atoms with Gasteiger partial charge in [0.2, 0.25) is 0 Å². The van der Waals surface area contributed by atoms with Crippen LogP contribution in [0.1, 0.15) is 38.2 Å². The van der Waals surface area contributed by atoms with Gasteiger partial charge in [0.25, 0.3) is 0 Å². The number of rotatable bonds is 9. The second-order valence-electron chi connectivity index (χ2n) is 6.25. The summed E-state index contributed by atoms with van der Waals surface area (Å²) in [5, 5.41) is 10.2. The first-order valence-corrected chi connectivity index (χ1v) is 9.67. The van der Waals surface area contributed by atoms with E-state index in [-0.39, 0.29) is 5.97 Å². The van der Waals surface area contributed by atoms with Gasteiger partial charge in [0, 0.05) is 28.8 Å². The van der Waals surface area contributed by atoms with Gasteiger partial charge in [-0.3, -0.25) is 0 Å². The number of nitrogens with zero attached hydrogens (tertiary/aromatic N) is 1. The molecule has 1 aromatic rings. The smallest absolute Gasteiger partial charge is 0.333 e. The molecule has 25 heavy (non-hydrogen) atoms. The van der Waals surface area contributed by atoms with Gasteiger partial charge in [-0.2, -0.15) is 0 Å². The molecule has 1 aliphatic heterocycles. The van der Waals surface area contributed by atoms with Crippen molar-refractivity contribution in [3.63, 3.8) is 0 Å². The van der Waals surface area contributed by atoms with Crippen molar-refractivity contribution in [1.29, 1.82) is 0 Å². The molecule has 136 valence electrons. The van der Waals surface area contributed by atoms with E-state index in [2.05, 4.69) is 12.6 Å². The first-order valence-electron chi connectivity index (χ1n) is 8.68. The van der Waals surface area contributed by atoms with Crippen molar-refractivity contribution in [2.24, 2.45) is 0 Å². The van der Waals surface area contributed by atoms with Crippen molar-refractivity contribution < 1.29 is 14.6 Å². The van der Waals surface area contributed by atoms with Crippen molar-refractivity contribution in [2.75, 3.05) is 24.3 Å². The minimum atomic E-state index is -0.569. The van der Waals surface area contributed by atoms with Crippen molar-refractivity contribution in [2.45, 2.75) is 38.8 Å². The molecule has 1 heterocycles. The number of likely N-dealkylation sites (N-methyl/N-ethyl adjacent to an activating group) is 1. The zero-order valence-electron chi connectivity index (χ0n) is 15.0. The van der Waals surface area contributed by atoms with Crippen LogP contribution in [-0.2, 0) is 9.53 Å². The maximum atomic E-state index is 11.2. The molecular weight excluding hydrogens is 334 g/mol. The van der Waals surface area contributed by atoms with Crippen LogP contribution < -0.4 is 4.90 Å². The van der Waals surface area contributed by atoms with Gasteiger partial charge < -0.3 is 14.7 Å². The molecule has 5 heteroatoms. The monoisotopic (exact) mass is 361 g/mol. The Morgan fingerprint density at radius 1 is 1.28 bits per heavy atom. The summed E-state index contributed by atoms with van der Waals surface area (Å²) in [6, 6.07) is 8.17. The number of carbonyl (C=O) groups is 1. The standard InChI is InChI=1S/C20H27NO3S/c1-15(2)20(23)24-12-8-4-5-9-13-25-18-14-19(22)21(3)17-11-7-6-10-16(17)18/h6-7,10-11,14,19,22H,1,4-5,8-9,12-13H2,2-3H3. The van der Waals surface area contributed by atoms with Crippen LogP contribution in [0.15, 0.2) is 42.5 Å². The van der Waals surface area contributed by atoms with Gasteiger partial charge >= 0.3 is 5.97 Å². The van der Waals surface area contributed by atoms with E-state index in [1.54, 1.807) is 18.7 Å². The van der Waals surface area contributed by atoms with Crippen molar-refractivity contribution in [3.8, 4) is 0 Å². The number of para-hydroxylation sites is 1. The number of ether oxygens (including phenoxy) is 1. The molecule has 0 saturated carbocycles. The van der Waals surface area contributed by atoms with Crippen LogP contribution in [0.5, 0.6) is 0 Å². The number of hydrogen-bond donors (Lipinski definition) is 1. The minimum absolute atomic E-state index is 0.304. The summed E-state index contributed by atoms with van der Waals surface area (Å²) in [6.45, 7) is 5.69. The Hall–Kier alpha value is -1.72. The Morgan fingerprint density at radius 2 is 2.00 bits per heavy atom. The van der Waals surface area contributed by atoms with E-state index < -0.39 is 6.23 Å². The zero-order chi connectivity index (χ0) is 18.2. The number of carbonyl (C=O) groups excluding carboxylic acids is 1. The highest BCUT2D eigenvalue weighted by atomic mass is 32.2. The molecule has 0 amide bonds. The molecule has 0 aliphatic carbocycles. The molecule has 1 atom stereocenters. The third-order valence-corrected chi connectivity index (χ3v) is 5.28. The van der Waals surface area contributed by atoms with Gasteiger partial charge in [0.1, 0.15) is 6.23 Å². The van der Waals surface area contributed by atoms with E-state index >= 15 is 0 Å². The molecular formula is C20H27NO3S. The van der Waals surface area contributed by atoms with Crippen LogP contribution in [0.25, 0.3) is 4.91 Å². The number of aliphatic hydroxyl groups excluding tert-OH is 1. The number of fused-ring (bicyclic) bond motifs is 1. The molecule has 0 fully saturated rings. The van der Waals surface area contributed by atoms with E-state index in [0.29, 0.717) is 12.2 Å². The van der Waals surface area contributed by atoms with Crippen LogP contribution >= 0.6 is 11.8 Å². The van der Waals surface area contributed by atoms with Crippen LogP contribution in [0.3, 0.4) is 0 Å². The number of unbranched alkanes of at least 4 members (excludes halogenated alkanes) is 3. The Labute approximate surface area is 154 Å². The number of hydrogen-bond acceptors (Lipinski definition) is 5. The SMILES string of the molecule is C=C(C)C(=O)OCCCCCCSC1=CC(O)N(C)c2ccccc21. The molecule has 0 radical (unpaired) electrons. The molecule has 0 bridgehead atoms. The normalized spacial score (nSPS) is 16.2. The molecule has 2 rings (SSSR count). The molecule has 1 unspecified atom stereocenters. The maximum Gasteiger partial charge on any atom is 0.333 e. The average molecular weight is 362 g/mol. The molecule has 0 aromatic heterocycles. The third kappa shape index (κ3) is 5.65. The second-order valence-corrected chi connectivity index (χ2v) is 7.39. The molecule has 0 saturated heterocycles. The van der Waals surface area contributed by atoms with Crippen molar-refractivity contribution in [3.05, 3.63) is 48.1 Å². The lowest BCUT2D eigenvalue weighted by Crippen LogP contribution is -2.32. The fourth-order valence-corrected chi connectivity index (χ4v) is 3.74. The van der Waals surface area contributed by atoms with E-state index in [4.69, 9.17) is 4.74 Å². The number of esters is 1. The first-order chi connectivity index (χ1) is 12.0. The molecule has 1 aliphatic rings. The van der Waals surface area contributed by atoms with Gasteiger partial charge in [-0.05, 0) is 37.7 Å². The summed E-state index contributed by atoms with van der Waals surface area (Å²) in [5.41, 5.74) is 2.71. The van der Waals surface area contributed by atoms with E-state index in [1.165, 1.54) is 5.56 Å². The highest BCUT2D eigenvalue weighted by Gasteiger charge is 2.21. The van der Waals surface area contributed by atoms with Crippen LogP contribution in [0.4, 0.5) is 5.69 Å². The summed E-state index contributed by atoms with van der Waals surface area (Å²) in [6.07, 6.45) is 5.49. The summed E-state index contributed by atoms with van der Waals surface area (Å²) in [7, 11) is 1.90. The number of anilines is 1. The molecule has 0 spiro atoms. The largest absolute Gasteiger partial charge is 0.462 e. The lowest BCUT2D eigenvalue weighted by atomic mass is 10.1. The average Bonchev–Trinajstić information content (AvgIpc) is 2.61. The molecule has 1 N–H and O–H groups in total. The predicted molar refractivity (Wildman–Crippen MR) is 106 cm³/mol. The highest BCUT2D eigenvalue weighted by Crippen LogP contribution is 2.39. The summed E-state index contributed by atoms with van der Waals surface area (Å²) in [4.78, 5) is 14.3. The number of aliphatic hydroxyl groups is 1. The van der Waals surface area contributed by atoms with E-state index in [0.717, 1.165) is 42.0 Å². The third-order valence-electron chi connectivity index (χ3n) is 4.12. The first kappa shape index (κ1) is 19.6. The van der Waals surface area contributed by atoms with Crippen LogP contribution in [0.2, 0.25) is 0 Å². The van der Waals surface area contributed by atoms with Gasteiger partial charge in [-0.25, -0.2) is 4.79 Å². The Balaban J connectivity index is 1.68. The number of thioether (sulfide) groups is 1. The summed E-state index contributed by atoms with van der Waals surface area (Å²) < 4.78 is 5.08. The minimum Gasteiger partial charge on any atom is -0.462 e. The quantitative estimate of drug-likeness (QED) is 0.406. The van der Waals surface area contributed by atoms with Gasteiger partial charge in [-0.1, -0.05) is 37.6 Å². The zero-order valence-corrected chi connectivity index (χ0v) is 15.8. The van der Waals surface area contributed by atoms with E-state index in [9.17, 15) is 9.90 Å². The Bertz CT molecular complexity index is 642. The van der Waals surface area contributed by atoms with Gasteiger partial charge in [0.15, 0.2) is 0 Å². The molecule has 4 nitrogen and oxygen atoms in total. The van der Waals surface area contributed by atoms with Crippen LogP contribution in [0, 0.1) is 0 Å². The topological polar surface area (TPSA) is 49.8 Å². The Morgan fingerprint density at radius 3 is 2.76 bits per heavy atom. The fourth-order valence-electron chi connectivity index (χ4n) is 2.62. The Kier molecular flexibility index (Phi) is 7.59. The second kappa shape index (κ2) is 9.68. The lowest BCUT2D eigenvalue weighted by Gasteiger charge is -2.31.